The maximum absolute atomic E-state index is 13.9. The number of ether oxygens (including phenoxy) is 1. The standard InChI is InChI=1S/C20H19ClF7NO3/c1-17(2,13-7-12(22)4-5-15(13)32-3)9-18(31,20(26,27)28)10-29-8-11(19(23,24)25)6-14(21)16(29)30/h4-8,31H,9-10H2,1-3H3. The Kier molecular flexibility index (Phi) is 6.97. The van der Waals surface area contributed by atoms with Gasteiger partial charge in [-0.05, 0) is 36.1 Å². The third-order valence-corrected chi connectivity index (χ3v) is 5.23. The lowest BCUT2D eigenvalue weighted by Gasteiger charge is -2.38. The summed E-state index contributed by atoms with van der Waals surface area (Å²) in [6.45, 7) is 0.964. The van der Waals surface area contributed by atoms with Gasteiger partial charge in [-0.3, -0.25) is 4.79 Å². The van der Waals surface area contributed by atoms with Crippen LogP contribution in [0.2, 0.25) is 5.02 Å². The van der Waals surface area contributed by atoms with Gasteiger partial charge in [-0.25, -0.2) is 4.39 Å². The lowest BCUT2D eigenvalue weighted by molar-refractivity contribution is -0.272. The summed E-state index contributed by atoms with van der Waals surface area (Å²) in [5.41, 5.74) is -8.09. The van der Waals surface area contributed by atoms with Crippen LogP contribution in [0.4, 0.5) is 30.7 Å². The zero-order chi connectivity index (χ0) is 24.7. The van der Waals surface area contributed by atoms with Crippen molar-refractivity contribution in [2.75, 3.05) is 7.11 Å². The van der Waals surface area contributed by atoms with E-state index in [2.05, 4.69) is 0 Å². The van der Waals surface area contributed by atoms with Crippen LogP contribution in [0.5, 0.6) is 5.75 Å². The summed E-state index contributed by atoms with van der Waals surface area (Å²) in [6.07, 6.45) is -11.3. The molecule has 1 aromatic heterocycles. The van der Waals surface area contributed by atoms with Crippen molar-refractivity contribution in [3.8, 4) is 5.75 Å². The van der Waals surface area contributed by atoms with Crippen LogP contribution in [0, 0.1) is 5.82 Å². The van der Waals surface area contributed by atoms with Crippen molar-refractivity contribution in [2.45, 2.75) is 50.2 Å². The van der Waals surface area contributed by atoms with E-state index in [-0.39, 0.29) is 28.1 Å². The molecule has 0 aliphatic carbocycles. The third kappa shape index (κ3) is 5.37. The number of aromatic nitrogens is 1. The van der Waals surface area contributed by atoms with Gasteiger partial charge in [0.2, 0.25) is 0 Å². The molecule has 1 aromatic carbocycles. The van der Waals surface area contributed by atoms with Crippen LogP contribution in [0.25, 0.3) is 0 Å². The van der Waals surface area contributed by atoms with Gasteiger partial charge in [-0.15, -0.1) is 0 Å². The lowest BCUT2D eigenvalue weighted by atomic mass is 9.74. The molecular formula is C20H19ClF7NO3. The van der Waals surface area contributed by atoms with Crippen LogP contribution < -0.4 is 10.3 Å². The number of methoxy groups -OCH3 is 1. The second-order valence-corrected chi connectivity index (χ2v) is 8.35. The molecule has 2 aromatic rings. The van der Waals surface area contributed by atoms with Crippen molar-refractivity contribution in [3.63, 3.8) is 0 Å². The van der Waals surface area contributed by atoms with E-state index in [1.807, 2.05) is 0 Å². The molecule has 0 saturated carbocycles. The van der Waals surface area contributed by atoms with Crippen LogP contribution in [0.3, 0.4) is 0 Å². The third-order valence-electron chi connectivity index (χ3n) is 4.95. The van der Waals surface area contributed by atoms with Gasteiger partial charge >= 0.3 is 12.4 Å². The molecule has 0 radical (unpaired) electrons. The summed E-state index contributed by atoms with van der Waals surface area (Å²) in [7, 11) is 1.22. The first kappa shape index (κ1) is 26.0. The largest absolute Gasteiger partial charge is 0.496 e. The van der Waals surface area contributed by atoms with Crippen LogP contribution in [-0.4, -0.2) is 28.6 Å². The molecule has 2 rings (SSSR count). The van der Waals surface area contributed by atoms with E-state index in [1.54, 1.807) is 0 Å². The first-order valence-electron chi connectivity index (χ1n) is 9.01. The Labute approximate surface area is 183 Å². The van der Waals surface area contributed by atoms with Crippen LogP contribution in [-0.2, 0) is 18.1 Å². The average molecular weight is 490 g/mol. The predicted octanol–water partition coefficient (Wildman–Crippen LogP) is 5.33. The molecule has 1 N–H and O–H groups in total. The minimum absolute atomic E-state index is 0.0166. The molecule has 0 fully saturated rings. The van der Waals surface area contributed by atoms with Crippen LogP contribution >= 0.6 is 11.6 Å². The normalized spacial score (nSPS) is 14.9. The van der Waals surface area contributed by atoms with E-state index in [9.17, 15) is 40.6 Å². The Morgan fingerprint density at radius 1 is 1.09 bits per heavy atom. The van der Waals surface area contributed by atoms with Gasteiger partial charge < -0.3 is 14.4 Å². The quantitative estimate of drug-likeness (QED) is 0.558. The molecule has 0 saturated heterocycles. The molecule has 4 nitrogen and oxygen atoms in total. The summed E-state index contributed by atoms with van der Waals surface area (Å²) < 4.78 is 99.9. The van der Waals surface area contributed by atoms with E-state index < -0.39 is 58.3 Å². The Balaban J connectivity index is 2.59. The molecule has 1 atom stereocenters. The van der Waals surface area contributed by atoms with Gasteiger partial charge in [0.05, 0.1) is 19.2 Å². The summed E-state index contributed by atoms with van der Waals surface area (Å²) in [6, 6.07) is 3.44. The monoisotopic (exact) mass is 489 g/mol. The number of aliphatic hydroxyl groups is 1. The number of hydrogen-bond acceptors (Lipinski definition) is 3. The Bertz CT molecular complexity index is 1050. The number of nitrogens with zero attached hydrogens (tertiary/aromatic N) is 1. The molecular weight excluding hydrogens is 471 g/mol. The zero-order valence-corrected chi connectivity index (χ0v) is 17.8. The van der Waals surface area contributed by atoms with Gasteiger partial charge in [0.25, 0.3) is 5.56 Å². The molecule has 12 heteroatoms. The minimum Gasteiger partial charge on any atom is -0.496 e. The predicted molar refractivity (Wildman–Crippen MR) is 102 cm³/mol. The molecule has 1 heterocycles. The van der Waals surface area contributed by atoms with Gasteiger partial charge in [0.15, 0.2) is 5.60 Å². The summed E-state index contributed by atoms with van der Waals surface area (Å²) in [4.78, 5) is 12.1. The average Bonchev–Trinajstić information content (AvgIpc) is 2.63. The number of hydrogen-bond donors (Lipinski definition) is 1. The fourth-order valence-corrected chi connectivity index (χ4v) is 3.66. The Morgan fingerprint density at radius 3 is 2.19 bits per heavy atom. The maximum Gasteiger partial charge on any atom is 0.418 e. The Hall–Kier alpha value is -2.27. The molecule has 1 unspecified atom stereocenters. The van der Waals surface area contributed by atoms with Gasteiger partial charge in [0, 0.05) is 11.8 Å². The fraction of sp³-hybridized carbons (Fsp3) is 0.450. The molecule has 0 amide bonds. The summed E-state index contributed by atoms with van der Waals surface area (Å²) in [5, 5.41) is 9.63. The van der Waals surface area contributed by atoms with Gasteiger partial charge in [0.1, 0.15) is 16.6 Å². The van der Waals surface area contributed by atoms with Crippen molar-refractivity contribution in [3.05, 3.63) is 62.8 Å². The Morgan fingerprint density at radius 2 is 1.69 bits per heavy atom. The highest BCUT2D eigenvalue weighted by Crippen LogP contribution is 2.44. The fourth-order valence-electron chi connectivity index (χ4n) is 3.43. The highest BCUT2D eigenvalue weighted by Gasteiger charge is 2.56. The van der Waals surface area contributed by atoms with Crippen molar-refractivity contribution in [1.82, 2.24) is 4.57 Å². The van der Waals surface area contributed by atoms with E-state index in [0.29, 0.717) is 0 Å². The second-order valence-electron chi connectivity index (χ2n) is 7.94. The van der Waals surface area contributed by atoms with Crippen molar-refractivity contribution >= 4 is 11.6 Å². The summed E-state index contributed by atoms with van der Waals surface area (Å²) >= 11 is 5.50. The van der Waals surface area contributed by atoms with E-state index in [0.717, 1.165) is 12.1 Å². The van der Waals surface area contributed by atoms with Gasteiger partial charge in [-0.2, -0.15) is 26.3 Å². The minimum atomic E-state index is -5.37. The molecule has 32 heavy (non-hydrogen) atoms. The maximum atomic E-state index is 13.9. The van der Waals surface area contributed by atoms with E-state index in [4.69, 9.17) is 16.3 Å². The first-order valence-corrected chi connectivity index (χ1v) is 9.39. The second kappa shape index (κ2) is 8.58. The van der Waals surface area contributed by atoms with Crippen molar-refractivity contribution in [1.29, 1.82) is 0 Å². The molecule has 178 valence electrons. The number of halogens is 8. The van der Waals surface area contributed by atoms with E-state index >= 15 is 0 Å². The molecule has 0 aliphatic rings. The highest BCUT2D eigenvalue weighted by atomic mass is 35.5. The summed E-state index contributed by atoms with van der Waals surface area (Å²) in [5.74, 6) is -0.731. The van der Waals surface area contributed by atoms with Gasteiger partial charge in [-0.1, -0.05) is 25.4 Å². The number of pyridine rings is 1. The topological polar surface area (TPSA) is 51.5 Å². The first-order chi connectivity index (χ1) is 14.4. The van der Waals surface area contributed by atoms with Crippen LogP contribution in [0.1, 0.15) is 31.4 Å². The molecule has 0 bridgehead atoms. The SMILES string of the molecule is COc1ccc(F)cc1C(C)(C)CC(O)(Cn1cc(C(F)(F)F)cc(Cl)c1=O)C(F)(F)F. The number of rotatable bonds is 6. The van der Waals surface area contributed by atoms with Crippen molar-refractivity contribution in [2.24, 2.45) is 0 Å². The number of alkyl halides is 6. The lowest BCUT2D eigenvalue weighted by Crippen LogP contribution is -2.53. The van der Waals surface area contributed by atoms with Crippen molar-refractivity contribution < 1.29 is 40.6 Å². The highest BCUT2D eigenvalue weighted by molar-refractivity contribution is 6.30. The van der Waals surface area contributed by atoms with Crippen LogP contribution in [0.15, 0.2) is 35.3 Å². The zero-order valence-electron chi connectivity index (χ0n) is 17.0. The molecule has 0 spiro atoms. The van der Waals surface area contributed by atoms with E-state index in [1.165, 1.54) is 27.0 Å². The number of benzene rings is 1. The smallest absolute Gasteiger partial charge is 0.418 e. The molecule has 0 aliphatic heterocycles.